The molecule has 3 heteroatoms. The lowest BCUT2D eigenvalue weighted by Gasteiger charge is -2.29. The van der Waals surface area contributed by atoms with Gasteiger partial charge in [0.15, 0.2) is 0 Å². The van der Waals surface area contributed by atoms with Gasteiger partial charge in [0, 0.05) is 6.42 Å². The van der Waals surface area contributed by atoms with Crippen LogP contribution in [0.15, 0.2) is 24.3 Å². The lowest BCUT2D eigenvalue weighted by atomic mass is 9.91. The van der Waals surface area contributed by atoms with Gasteiger partial charge in [0.25, 0.3) is 0 Å². The van der Waals surface area contributed by atoms with Gasteiger partial charge < -0.3 is 0 Å². The Balaban J connectivity index is 2.03. The van der Waals surface area contributed by atoms with E-state index in [2.05, 4.69) is 0 Å². The van der Waals surface area contributed by atoms with Crippen molar-refractivity contribution in [2.45, 2.75) is 24.9 Å². The molecule has 0 aromatic heterocycles. The van der Waals surface area contributed by atoms with Gasteiger partial charge in [0.05, 0.1) is 0 Å². The molecule has 1 aromatic carbocycles. The van der Waals surface area contributed by atoms with Gasteiger partial charge in [0.1, 0.15) is 11.5 Å². The van der Waals surface area contributed by atoms with Crippen molar-refractivity contribution in [2.75, 3.05) is 11.5 Å². The molecule has 0 bridgehead atoms. The number of halogens is 2. The van der Waals surface area contributed by atoms with Crippen LogP contribution in [0.3, 0.4) is 0 Å². The molecule has 0 radical (unpaired) electrons. The number of thioether (sulfide) groups is 1. The average Bonchev–Trinajstić information content (AvgIpc) is 2.22. The molecule has 1 heterocycles. The number of alkyl halides is 1. The third kappa shape index (κ3) is 2.94. The fourth-order valence-corrected chi connectivity index (χ4v) is 3.11. The molecule has 0 aliphatic carbocycles. The molecule has 0 nitrogen and oxygen atoms in total. The Morgan fingerprint density at radius 2 is 1.73 bits per heavy atom. The van der Waals surface area contributed by atoms with Crippen LogP contribution in [0.2, 0.25) is 0 Å². The lowest BCUT2D eigenvalue weighted by molar-refractivity contribution is 0.150. The van der Waals surface area contributed by atoms with Gasteiger partial charge in [-0.15, -0.1) is 0 Å². The van der Waals surface area contributed by atoms with E-state index in [0.29, 0.717) is 19.3 Å². The SMILES string of the molecule is Fc1ccc(CC2(F)CCSCC2)cc1. The average molecular weight is 228 g/mol. The molecule has 0 unspecified atom stereocenters. The Kier molecular flexibility index (Phi) is 3.29. The van der Waals surface area contributed by atoms with Gasteiger partial charge in [-0.1, -0.05) is 12.1 Å². The van der Waals surface area contributed by atoms with E-state index in [1.165, 1.54) is 12.1 Å². The third-order valence-corrected chi connectivity index (χ3v) is 3.81. The zero-order valence-corrected chi connectivity index (χ0v) is 9.33. The fraction of sp³-hybridized carbons (Fsp3) is 0.500. The first-order valence-corrected chi connectivity index (χ1v) is 6.35. The van der Waals surface area contributed by atoms with Crippen molar-refractivity contribution in [3.8, 4) is 0 Å². The zero-order chi connectivity index (χ0) is 10.7. The molecule has 0 saturated carbocycles. The number of hydrogen-bond acceptors (Lipinski definition) is 1. The first-order chi connectivity index (χ1) is 7.18. The summed E-state index contributed by atoms with van der Waals surface area (Å²) in [7, 11) is 0. The Hall–Kier alpha value is -0.570. The Labute approximate surface area is 93.1 Å². The molecule has 0 N–H and O–H groups in total. The van der Waals surface area contributed by atoms with Gasteiger partial charge in [-0.2, -0.15) is 11.8 Å². The van der Waals surface area contributed by atoms with Crippen LogP contribution in [0, 0.1) is 5.82 Å². The summed E-state index contributed by atoms with van der Waals surface area (Å²) in [5, 5.41) is 0. The fourth-order valence-electron chi connectivity index (χ4n) is 1.88. The molecule has 1 fully saturated rings. The quantitative estimate of drug-likeness (QED) is 0.745. The summed E-state index contributed by atoms with van der Waals surface area (Å²) >= 11 is 1.81. The number of benzene rings is 1. The maximum atomic E-state index is 14.3. The summed E-state index contributed by atoms with van der Waals surface area (Å²) in [6.07, 6.45) is 1.66. The summed E-state index contributed by atoms with van der Waals surface area (Å²) in [6, 6.07) is 6.16. The summed E-state index contributed by atoms with van der Waals surface area (Å²) in [6.45, 7) is 0. The van der Waals surface area contributed by atoms with E-state index < -0.39 is 5.67 Å². The van der Waals surface area contributed by atoms with Crippen molar-refractivity contribution >= 4 is 11.8 Å². The summed E-state index contributed by atoms with van der Waals surface area (Å²) in [5.74, 6) is 1.54. The normalized spacial score (nSPS) is 20.1. The maximum absolute atomic E-state index is 14.3. The Morgan fingerprint density at radius 1 is 1.13 bits per heavy atom. The van der Waals surface area contributed by atoms with Crippen LogP contribution in [0.5, 0.6) is 0 Å². The first kappa shape index (κ1) is 10.9. The van der Waals surface area contributed by atoms with Crippen LogP contribution in [-0.2, 0) is 6.42 Å². The van der Waals surface area contributed by atoms with Gasteiger partial charge in [-0.3, -0.25) is 0 Å². The second kappa shape index (κ2) is 4.52. The molecule has 15 heavy (non-hydrogen) atoms. The van der Waals surface area contributed by atoms with Gasteiger partial charge in [0.2, 0.25) is 0 Å². The highest BCUT2D eigenvalue weighted by Gasteiger charge is 2.31. The van der Waals surface area contributed by atoms with Crippen LogP contribution in [-0.4, -0.2) is 17.2 Å². The molecular weight excluding hydrogens is 214 g/mol. The van der Waals surface area contributed by atoms with Crippen LogP contribution < -0.4 is 0 Å². The maximum Gasteiger partial charge on any atom is 0.123 e. The molecular formula is C12H14F2S. The van der Waals surface area contributed by atoms with Crippen LogP contribution >= 0.6 is 11.8 Å². The minimum atomic E-state index is -1.07. The number of hydrogen-bond donors (Lipinski definition) is 0. The van der Waals surface area contributed by atoms with E-state index >= 15 is 0 Å². The topological polar surface area (TPSA) is 0 Å². The van der Waals surface area contributed by atoms with Crippen molar-refractivity contribution in [3.05, 3.63) is 35.6 Å². The molecule has 1 aliphatic rings. The molecule has 1 aromatic rings. The van der Waals surface area contributed by atoms with Crippen LogP contribution in [0.1, 0.15) is 18.4 Å². The molecule has 1 aliphatic heterocycles. The van der Waals surface area contributed by atoms with Crippen molar-refractivity contribution < 1.29 is 8.78 Å². The highest BCUT2D eigenvalue weighted by molar-refractivity contribution is 7.99. The van der Waals surface area contributed by atoms with Crippen molar-refractivity contribution in [1.82, 2.24) is 0 Å². The van der Waals surface area contributed by atoms with Gasteiger partial charge >= 0.3 is 0 Å². The lowest BCUT2D eigenvalue weighted by Crippen LogP contribution is -2.30. The monoisotopic (exact) mass is 228 g/mol. The third-order valence-electron chi connectivity index (χ3n) is 2.82. The number of rotatable bonds is 2. The van der Waals surface area contributed by atoms with Crippen molar-refractivity contribution in [1.29, 1.82) is 0 Å². The van der Waals surface area contributed by atoms with Crippen LogP contribution in [0.25, 0.3) is 0 Å². The van der Waals surface area contributed by atoms with E-state index in [4.69, 9.17) is 0 Å². The van der Waals surface area contributed by atoms with Crippen molar-refractivity contribution in [2.24, 2.45) is 0 Å². The minimum Gasteiger partial charge on any atom is -0.243 e. The first-order valence-electron chi connectivity index (χ1n) is 5.19. The molecule has 82 valence electrons. The molecule has 1 saturated heterocycles. The molecule has 2 rings (SSSR count). The highest BCUT2D eigenvalue weighted by atomic mass is 32.2. The van der Waals surface area contributed by atoms with E-state index in [9.17, 15) is 8.78 Å². The summed E-state index contributed by atoms with van der Waals surface area (Å²) in [5.41, 5.74) is -0.172. The predicted octanol–water partition coefficient (Wildman–Crippen LogP) is 3.60. The largest absolute Gasteiger partial charge is 0.243 e. The molecule has 0 spiro atoms. The molecule has 0 amide bonds. The predicted molar refractivity (Wildman–Crippen MR) is 60.5 cm³/mol. The minimum absolute atomic E-state index is 0.258. The smallest absolute Gasteiger partial charge is 0.123 e. The van der Waals surface area contributed by atoms with E-state index in [1.807, 2.05) is 11.8 Å². The van der Waals surface area contributed by atoms with Gasteiger partial charge in [-0.25, -0.2) is 8.78 Å². The van der Waals surface area contributed by atoms with E-state index in [0.717, 1.165) is 17.1 Å². The van der Waals surface area contributed by atoms with Gasteiger partial charge in [-0.05, 0) is 42.0 Å². The second-order valence-electron chi connectivity index (χ2n) is 4.07. The Bertz CT molecular complexity index is 315. The Morgan fingerprint density at radius 3 is 2.33 bits per heavy atom. The second-order valence-corrected chi connectivity index (χ2v) is 5.29. The standard InChI is InChI=1S/C12H14F2S/c13-11-3-1-10(2-4-11)9-12(14)5-7-15-8-6-12/h1-4H,5-9H2. The van der Waals surface area contributed by atoms with E-state index in [-0.39, 0.29) is 5.82 Å². The highest BCUT2D eigenvalue weighted by Crippen LogP contribution is 2.33. The molecule has 0 atom stereocenters. The van der Waals surface area contributed by atoms with E-state index in [1.54, 1.807) is 12.1 Å². The van der Waals surface area contributed by atoms with Crippen LogP contribution in [0.4, 0.5) is 8.78 Å². The summed E-state index contributed by atoms with van der Waals surface area (Å²) in [4.78, 5) is 0. The zero-order valence-electron chi connectivity index (χ0n) is 8.51. The van der Waals surface area contributed by atoms with Crippen molar-refractivity contribution in [3.63, 3.8) is 0 Å². The summed E-state index contributed by atoms with van der Waals surface area (Å²) < 4.78 is 26.9.